The largest absolute Gasteiger partial charge is 0.496 e. The van der Waals surface area contributed by atoms with E-state index in [2.05, 4.69) is 25.2 Å². The molecule has 0 radical (unpaired) electrons. The fourth-order valence-corrected chi connectivity index (χ4v) is 3.24. The van der Waals surface area contributed by atoms with Crippen LogP contribution in [-0.2, 0) is 6.61 Å². The Balaban J connectivity index is 1.79. The standard InChI is InChI=1S/C24H24ClNO3/c1-16(2)21-9-4-5-10-23(21)29-15-18-13-17(11-12-22(18)28-3)24(27)26-20-8-6-7-19(25)14-20/h4-14,16H,15H2,1-3H3,(H,26,27). The average molecular weight is 410 g/mol. The van der Waals surface area contributed by atoms with Gasteiger partial charge >= 0.3 is 0 Å². The molecular formula is C24H24ClNO3. The highest BCUT2D eigenvalue weighted by atomic mass is 35.5. The van der Waals surface area contributed by atoms with Crippen LogP contribution in [0, 0.1) is 0 Å². The third kappa shape index (κ3) is 5.30. The van der Waals surface area contributed by atoms with Gasteiger partial charge in [0.05, 0.1) is 7.11 Å². The molecule has 0 spiro atoms. The summed E-state index contributed by atoms with van der Waals surface area (Å²) in [5.41, 5.74) is 3.09. The van der Waals surface area contributed by atoms with Gasteiger partial charge in [-0.2, -0.15) is 0 Å². The van der Waals surface area contributed by atoms with Crippen LogP contribution in [0.5, 0.6) is 11.5 Å². The first-order valence-electron chi connectivity index (χ1n) is 9.43. The van der Waals surface area contributed by atoms with E-state index in [1.54, 1.807) is 49.6 Å². The summed E-state index contributed by atoms with van der Waals surface area (Å²) in [5.74, 6) is 1.63. The van der Waals surface area contributed by atoms with Gasteiger partial charge in [0.1, 0.15) is 18.1 Å². The van der Waals surface area contributed by atoms with Crippen molar-refractivity contribution in [2.24, 2.45) is 0 Å². The fraction of sp³-hybridized carbons (Fsp3) is 0.208. The summed E-state index contributed by atoms with van der Waals surface area (Å²) in [7, 11) is 1.60. The maximum absolute atomic E-state index is 12.7. The van der Waals surface area contributed by atoms with Crippen LogP contribution >= 0.6 is 11.6 Å². The Bertz CT molecular complexity index is 1000. The minimum absolute atomic E-state index is 0.223. The lowest BCUT2D eigenvalue weighted by atomic mass is 10.0. The Morgan fingerprint density at radius 2 is 1.79 bits per heavy atom. The van der Waals surface area contributed by atoms with Crippen LogP contribution in [0.3, 0.4) is 0 Å². The van der Waals surface area contributed by atoms with E-state index >= 15 is 0 Å². The summed E-state index contributed by atoms with van der Waals surface area (Å²) < 4.78 is 11.5. The number of rotatable bonds is 7. The van der Waals surface area contributed by atoms with Crippen molar-refractivity contribution in [3.63, 3.8) is 0 Å². The average Bonchev–Trinajstić information content (AvgIpc) is 2.72. The molecule has 0 aromatic heterocycles. The van der Waals surface area contributed by atoms with Crippen molar-refractivity contribution >= 4 is 23.2 Å². The molecule has 0 atom stereocenters. The van der Waals surface area contributed by atoms with Crippen molar-refractivity contribution in [2.75, 3.05) is 12.4 Å². The summed E-state index contributed by atoms with van der Waals surface area (Å²) in [4.78, 5) is 12.7. The Morgan fingerprint density at radius 1 is 1.00 bits per heavy atom. The van der Waals surface area contributed by atoms with Crippen LogP contribution in [0.1, 0.15) is 41.3 Å². The van der Waals surface area contributed by atoms with Crippen LogP contribution in [-0.4, -0.2) is 13.0 Å². The molecule has 29 heavy (non-hydrogen) atoms. The molecule has 0 unspecified atom stereocenters. The van der Waals surface area contributed by atoms with Crippen LogP contribution in [0.2, 0.25) is 5.02 Å². The van der Waals surface area contributed by atoms with Crippen LogP contribution < -0.4 is 14.8 Å². The van der Waals surface area contributed by atoms with E-state index in [1.807, 2.05) is 18.2 Å². The number of ether oxygens (including phenoxy) is 2. The quantitative estimate of drug-likeness (QED) is 0.497. The topological polar surface area (TPSA) is 47.6 Å². The number of nitrogens with one attached hydrogen (secondary N) is 1. The first-order chi connectivity index (χ1) is 14.0. The van der Waals surface area contributed by atoms with Gasteiger partial charge in [0.2, 0.25) is 0 Å². The lowest BCUT2D eigenvalue weighted by Crippen LogP contribution is -2.13. The smallest absolute Gasteiger partial charge is 0.255 e. The number of hydrogen-bond donors (Lipinski definition) is 1. The third-order valence-corrected chi connectivity index (χ3v) is 4.78. The van der Waals surface area contributed by atoms with Crippen molar-refractivity contribution in [1.82, 2.24) is 0 Å². The molecule has 3 aromatic carbocycles. The second-order valence-corrected chi connectivity index (χ2v) is 7.41. The molecule has 0 saturated heterocycles. The van der Waals surface area contributed by atoms with E-state index in [0.29, 0.717) is 34.5 Å². The molecule has 3 rings (SSSR count). The highest BCUT2D eigenvalue weighted by Crippen LogP contribution is 2.28. The summed E-state index contributed by atoms with van der Waals surface area (Å²) in [5, 5.41) is 3.42. The normalized spacial score (nSPS) is 10.7. The Morgan fingerprint density at radius 3 is 2.52 bits per heavy atom. The second-order valence-electron chi connectivity index (χ2n) is 6.97. The fourth-order valence-electron chi connectivity index (χ4n) is 3.05. The van der Waals surface area contributed by atoms with Crippen molar-refractivity contribution < 1.29 is 14.3 Å². The van der Waals surface area contributed by atoms with E-state index in [-0.39, 0.29) is 5.91 Å². The van der Waals surface area contributed by atoms with Gasteiger partial charge in [0, 0.05) is 21.8 Å². The van der Waals surface area contributed by atoms with Gasteiger partial charge in [0.15, 0.2) is 0 Å². The number of benzene rings is 3. The van der Waals surface area contributed by atoms with Crippen molar-refractivity contribution in [1.29, 1.82) is 0 Å². The number of carbonyl (C=O) groups is 1. The lowest BCUT2D eigenvalue weighted by molar-refractivity contribution is 0.102. The monoisotopic (exact) mass is 409 g/mol. The molecular weight excluding hydrogens is 386 g/mol. The number of carbonyl (C=O) groups excluding carboxylic acids is 1. The predicted molar refractivity (Wildman–Crippen MR) is 117 cm³/mol. The van der Waals surface area contributed by atoms with Gasteiger partial charge in [-0.05, 0) is 53.9 Å². The maximum Gasteiger partial charge on any atom is 0.255 e. The summed E-state index contributed by atoms with van der Waals surface area (Å²) >= 11 is 5.99. The van der Waals surface area contributed by atoms with Gasteiger partial charge in [-0.15, -0.1) is 0 Å². The molecule has 150 valence electrons. The molecule has 0 saturated carbocycles. The zero-order valence-corrected chi connectivity index (χ0v) is 17.5. The summed E-state index contributed by atoms with van der Waals surface area (Å²) in [6, 6.07) is 20.3. The highest BCUT2D eigenvalue weighted by molar-refractivity contribution is 6.30. The number of hydrogen-bond acceptors (Lipinski definition) is 3. The number of para-hydroxylation sites is 1. The molecule has 3 aromatic rings. The number of methoxy groups -OCH3 is 1. The zero-order chi connectivity index (χ0) is 20.8. The Labute approximate surface area is 176 Å². The first kappa shape index (κ1) is 20.7. The molecule has 5 heteroatoms. The van der Waals surface area contributed by atoms with Crippen molar-refractivity contribution in [2.45, 2.75) is 26.4 Å². The second kappa shape index (κ2) is 9.48. The molecule has 0 aliphatic rings. The van der Waals surface area contributed by atoms with Gasteiger partial charge in [-0.25, -0.2) is 0 Å². The highest BCUT2D eigenvalue weighted by Gasteiger charge is 2.13. The first-order valence-corrected chi connectivity index (χ1v) is 9.81. The molecule has 1 N–H and O–H groups in total. The lowest BCUT2D eigenvalue weighted by Gasteiger charge is -2.16. The van der Waals surface area contributed by atoms with E-state index in [9.17, 15) is 4.79 Å². The van der Waals surface area contributed by atoms with E-state index in [4.69, 9.17) is 21.1 Å². The van der Waals surface area contributed by atoms with Crippen molar-refractivity contribution in [3.05, 3.63) is 88.4 Å². The van der Waals surface area contributed by atoms with E-state index < -0.39 is 0 Å². The van der Waals surface area contributed by atoms with Crippen LogP contribution in [0.4, 0.5) is 5.69 Å². The number of anilines is 1. The number of halogens is 1. The zero-order valence-electron chi connectivity index (χ0n) is 16.7. The van der Waals surface area contributed by atoms with E-state index in [0.717, 1.165) is 16.9 Å². The maximum atomic E-state index is 12.7. The minimum Gasteiger partial charge on any atom is -0.496 e. The van der Waals surface area contributed by atoms with E-state index in [1.165, 1.54) is 0 Å². The third-order valence-electron chi connectivity index (χ3n) is 4.55. The predicted octanol–water partition coefficient (Wildman–Crippen LogP) is 6.30. The molecule has 1 amide bonds. The van der Waals surface area contributed by atoms with Crippen LogP contribution in [0.25, 0.3) is 0 Å². The van der Waals surface area contributed by atoms with Gasteiger partial charge in [0.25, 0.3) is 5.91 Å². The minimum atomic E-state index is -0.223. The molecule has 0 heterocycles. The van der Waals surface area contributed by atoms with Crippen LogP contribution in [0.15, 0.2) is 66.7 Å². The van der Waals surface area contributed by atoms with Crippen molar-refractivity contribution in [3.8, 4) is 11.5 Å². The SMILES string of the molecule is COc1ccc(C(=O)Nc2cccc(Cl)c2)cc1COc1ccccc1C(C)C. The Hall–Kier alpha value is -2.98. The van der Waals surface area contributed by atoms with Gasteiger partial charge in [-0.1, -0.05) is 49.7 Å². The Kier molecular flexibility index (Phi) is 6.78. The molecule has 0 aliphatic heterocycles. The molecule has 0 fully saturated rings. The van der Waals surface area contributed by atoms with Gasteiger partial charge in [-0.3, -0.25) is 4.79 Å². The molecule has 4 nitrogen and oxygen atoms in total. The summed E-state index contributed by atoms with van der Waals surface area (Å²) in [6.45, 7) is 4.55. The summed E-state index contributed by atoms with van der Waals surface area (Å²) in [6.07, 6.45) is 0. The van der Waals surface area contributed by atoms with Gasteiger partial charge < -0.3 is 14.8 Å². The molecule has 0 aliphatic carbocycles. The number of amides is 1. The molecule has 0 bridgehead atoms.